The van der Waals surface area contributed by atoms with Crippen LogP contribution in [0.1, 0.15) is 31.4 Å². The summed E-state index contributed by atoms with van der Waals surface area (Å²) in [7, 11) is 0. The molecular formula is C25H21ClN2O. The number of hydrogen-bond acceptors (Lipinski definition) is 2. The Morgan fingerprint density at radius 2 is 1.59 bits per heavy atom. The van der Waals surface area contributed by atoms with E-state index in [4.69, 9.17) is 21.0 Å². The quantitative estimate of drug-likeness (QED) is 0.259. The van der Waals surface area contributed by atoms with Crippen molar-refractivity contribution >= 4 is 50.2 Å². The van der Waals surface area contributed by atoms with Crippen LogP contribution < -0.4 is 0 Å². The van der Waals surface area contributed by atoms with Gasteiger partial charge in [-0.3, -0.25) is 0 Å². The molecule has 0 amide bonds. The van der Waals surface area contributed by atoms with Crippen LogP contribution >= 0.6 is 11.6 Å². The van der Waals surface area contributed by atoms with E-state index >= 15 is 0 Å². The number of benzene rings is 3. The molecule has 4 heteroatoms. The van der Waals surface area contributed by atoms with Crippen LogP contribution in [0, 0.1) is 0 Å². The van der Waals surface area contributed by atoms with Gasteiger partial charge in [0.15, 0.2) is 5.84 Å². The summed E-state index contributed by atoms with van der Waals surface area (Å²) >= 11 is 6.14. The van der Waals surface area contributed by atoms with Crippen molar-refractivity contribution in [2.75, 3.05) is 0 Å². The van der Waals surface area contributed by atoms with Gasteiger partial charge in [0, 0.05) is 16.3 Å². The maximum absolute atomic E-state index is 6.14. The minimum Gasteiger partial charge on any atom is -0.456 e. The lowest BCUT2D eigenvalue weighted by Crippen LogP contribution is -2.00. The maximum atomic E-state index is 6.14. The molecule has 0 spiro atoms. The van der Waals surface area contributed by atoms with Crippen LogP contribution in [-0.4, -0.2) is 11.0 Å². The van der Waals surface area contributed by atoms with Crippen LogP contribution in [0.2, 0.25) is 0 Å². The first-order valence-electron chi connectivity index (χ1n) is 9.62. The molecule has 0 atom stereocenters. The fourth-order valence-electron chi connectivity index (χ4n) is 3.31. The van der Waals surface area contributed by atoms with Gasteiger partial charge in [0.1, 0.15) is 16.3 Å². The third-order valence-corrected chi connectivity index (χ3v) is 4.67. The second-order valence-electron chi connectivity index (χ2n) is 6.72. The second-order valence-corrected chi connectivity index (χ2v) is 7.26. The van der Waals surface area contributed by atoms with E-state index in [2.05, 4.69) is 30.1 Å². The average molecular weight is 401 g/mol. The molecule has 4 aromatic rings. The molecule has 0 bridgehead atoms. The zero-order valence-electron chi connectivity index (χ0n) is 16.4. The van der Waals surface area contributed by atoms with Crippen molar-refractivity contribution in [2.24, 2.45) is 9.98 Å². The Bertz CT molecular complexity index is 1250. The van der Waals surface area contributed by atoms with Gasteiger partial charge < -0.3 is 4.42 Å². The first-order valence-corrected chi connectivity index (χ1v) is 10.00. The highest BCUT2D eigenvalue weighted by atomic mass is 35.5. The standard InChI is InChI=1S/C25H21ClN2O/c1-3-9-22(18-10-5-4-6-11-18)28-25(27-17(2)26)19-14-15-21-20-12-7-8-13-23(20)29-24(21)16-19/h4-16H,3H2,1-2H3/b22-9+,27-17?,28-25?. The predicted molar refractivity (Wildman–Crippen MR) is 124 cm³/mol. The molecule has 0 aliphatic heterocycles. The fourth-order valence-corrected chi connectivity index (χ4v) is 3.39. The molecule has 0 saturated carbocycles. The number of furan rings is 1. The molecule has 29 heavy (non-hydrogen) atoms. The summed E-state index contributed by atoms with van der Waals surface area (Å²) in [6, 6.07) is 24.2. The molecule has 3 aromatic carbocycles. The molecule has 1 heterocycles. The van der Waals surface area contributed by atoms with Gasteiger partial charge >= 0.3 is 0 Å². The van der Waals surface area contributed by atoms with Crippen LogP contribution in [0.25, 0.3) is 27.6 Å². The van der Waals surface area contributed by atoms with Crippen molar-refractivity contribution in [2.45, 2.75) is 20.3 Å². The SMILES string of the molecule is CC/C=C(/N=C(N=C(C)Cl)c1ccc2c(c1)oc1ccccc12)c1ccccc1. The summed E-state index contributed by atoms with van der Waals surface area (Å²) in [6.07, 6.45) is 2.96. The second kappa shape index (κ2) is 8.46. The van der Waals surface area contributed by atoms with Gasteiger partial charge in [-0.2, -0.15) is 0 Å². The fraction of sp³-hybridized carbons (Fsp3) is 0.120. The van der Waals surface area contributed by atoms with Gasteiger partial charge in [0.05, 0.1) is 5.70 Å². The third kappa shape index (κ3) is 4.15. The van der Waals surface area contributed by atoms with Crippen LogP contribution in [0.4, 0.5) is 0 Å². The topological polar surface area (TPSA) is 37.9 Å². The Hall–Kier alpha value is -3.17. The van der Waals surface area contributed by atoms with E-state index in [-0.39, 0.29) is 0 Å². The van der Waals surface area contributed by atoms with Gasteiger partial charge in [-0.15, -0.1) is 0 Å². The minimum absolute atomic E-state index is 0.428. The lowest BCUT2D eigenvalue weighted by atomic mass is 10.1. The number of rotatable bonds is 4. The summed E-state index contributed by atoms with van der Waals surface area (Å²) in [4.78, 5) is 9.38. The monoisotopic (exact) mass is 400 g/mol. The van der Waals surface area contributed by atoms with E-state index in [9.17, 15) is 0 Å². The van der Waals surface area contributed by atoms with Gasteiger partial charge in [0.2, 0.25) is 0 Å². The van der Waals surface area contributed by atoms with Crippen LogP contribution in [0.3, 0.4) is 0 Å². The highest BCUT2D eigenvalue weighted by Crippen LogP contribution is 2.29. The van der Waals surface area contributed by atoms with Crippen molar-refractivity contribution in [1.82, 2.24) is 0 Å². The van der Waals surface area contributed by atoms with Crippen molar-refractivity contribution in [1.29, 1.82) is 0 Å². The van der Waals surface area contributed by atoms with Gasteiger partial charge in [0.25, 0.3) is 0 Å². The molecule has 144 valence electrons. The van der Waals surface area contributed by atoms with E-state index in [1.165, 1.54) is 0 Å². The molecule has 0 aliphatic carbocycles. The predicted octanol–water partition coefficient (Wildman–Crippen LogP) is 7.44. The van der Waals surface area contributed by atoms with Crippen molar-refractivity contribution < 1.29 is 4.42 Å². The molecule has 3 nitrogen and oxygen atoms in total. The molecule has 0 saturated heterocycles. The Morgan fingerprint density at radius 3 is 2.34 bits per heavy atom. The number of hydrogen-bond donors (Lipinski definition) is 0. The van der Waals surface area contributed by atoms with E-state index in [0.717, 1.165) is 45.2 Å². The van der Waals surface area contributed by atoms with E-state index in [1.807, 2.05) is 60.7 Å². The molecule has 0 aliphatic rings. The van der Waals surface area contributed by atoms with Crippen LogP contribution in [0.5, 0.6) is 0 Å². The molecular weight excluding hydrogens is 380 g/mol. The average Bonchev–Trinajstić information content (AvgIpc) is 3.11. The molecule has 4 rings (SSSR count). The molecule has 1 aromatic heterocycles. The smallest absolute Gasteiger partial charge is 0.161 e. The van der Waals surface area contributed by atoms with Crippen molar-refractivity contribution in [3.05, 3.63) is 90.0 Å². The zero-order valence-corrected chi connectivity index (χ0v) is 17.1. The highest BCUT2D eigenvalue weighted by Gasteiger charge is 2.11. The molecule has 0 radical (unpaired) electrons. The Kier molecular flexibility index (Phi) is 5.59. The summed E-state index contributed by atoms with van der Waals surface area (Å²) in [5, 5.41) is 2.60. The number of fused-ring (bicyclic) bond motifs is 3. The van der Waals surface area contributed by atoms with Gasteiger partial charge in [-0.25, -0.2) is 9.98 Å². The summed E-state index contributed by atoms with van der Waals surface area (Å²) in [5.74, 6) is 0.559. The van der Waals surface area contributed by atoms with Crippen molar-refractivity contribution in [3.8, 4) is 0 Å². The third-order valence-electron chi connectivity index (χ3n) is 4.59. The zero-order chi connectivity index (χ0) is 20.2. The number of para-hydroxylation sites is 1. The normalized spacial score (nSPS) is 13.4. The summed E-state index contributed by atoms with van der Waals surface area (Å²) in [5.41, 5.74) is 4.44. The summed E-state index contributed by atoms with van der Waals surface area (Å²) < 4.78 is 6.03. The van der Waals surface area contributed by atoms with Crippen LogP contribution in [-0.2, 0) is 0 Å². The Morgan fingerprint density at radius 1 is 0.862 bits per heavy atom. The minimum atomic E-state index is 0.428. The summed E-state index contributed by atoms with van der Waals surface area (Å²) in [6.45, 7) is 3.84. The number of allylic oxidation sites excluding steroid dienone is 1. The van der Waals surface area contributed by atoms with Crippen LogP contribution in [0.15, 0.2) is 93.3 Å². The number of nitrogens with zero attached hydrogens (tertiary/aromatic N) is 2. The number of amidine groups is 1. The number of halogens is 1. The van der Waals surface area contributed by atoms with Gasteiger partial charge in [-0.1, -0.05) is 79.2 Å². The van der Waals surface area contributed by atoms with E-state index in [1.54, 1.807) is 6.92 Å². The maximum Gasteiger partial charge on any atom is 0.161 e. The largest absolute Gasteiger partial charge is 0.456 e. The van der Waals surface area contributed by atoms with E-state index in [0.29, 0.717) is 11.0 Å². The molecule has 0 fully saturated rings. The first kappa shape index (κ1) is 19.2. The molecule has 0 N–H and O–H groups in total. The molecule has 0 unspecified atom stereocenters. The number of aliphatic imine (C=N–C) groups is 2. The lowest BCUT2D eigenvalue weighted by molar-refractivity contribution is 0.669. The lowest BCUT2D eigenvalue weighted by Gasteiger charge is -2.06. The van der Waals surface area contributed by atoms with Crippen molar-refractivity contribution in [3.63, 3.8) is 0 Å². The first-order chi connectivity index (χ1) is 14.2. The Balaban J connectivity index is 1.86. The Labute approximate surface area is 175 Å². The van der Waals surface area contributed by atoms with Gasteiger partial charge in [-0.05, 0) is 37.1 Å². The highest BCUT2D eigenvalue weighted by molar-refractivity contribution is 6.65. The van der Waals surface area contributed by atoms with E-state index < -0.39 is 0 Å².